The first-order valence-electron chi connectivity index (χ1n) is 20.2. The first-order valence-corrected chi connectivity index (χ1v) is 20.2. The van der Waals surface area contributed by atoms with E-state index in [2.05, 4.69) is 181 Å². The summed E-state index contributed by atoms with van der Waals surface area (Å²) in [7, 11) is 0. The van der Waals surface area contributed by atoms with Gasteiger partial charge in [-0.2, -0.15) is 0 Å². The Kier molecular flexibility index (Phi) is 10.5. The van der Waals surface area contributed by atoms with Gasteiger partial charge in [0.15, 0.2) is 0 Å². The van der Waals surface area contributed by atoms with Gasteiger partial charge in [-0.15, -0.1) is 0 Å². The van der Waals surface area contributed by atoms with Crippen LogP contribution in [0.15, 0.2) is 158 Å². The number of para-hydroxylation sites is 2. The smallest absolute Gasteiger partial charge is 0.0467 e. The predicted octanol–water partition coefficient (Wildman–Crippen LogP) is 15.2. The molecule has 2 heteroatoms. The minimum absolute atomic E-state index is 0.170. The van der Waals surface area contributed by atoms with E-state index in [4.69, 9.17) is 0 Å². The molecule has 53 heavy (non-hydrogen) atoms. The second-order valence-corrected chi connectivity index (χ2v) is 16.0. The molecule has 0 bridgehead atoms. The van der Waals surface area contributed by atoms with Crippen molar-refractivity contribution in [1.82, 2.24) is 0 Å². The number of hydrogen-bond acceptors (Lipinski definition) is 2. The zero-order valence-corrected chi connectivity index (χ0v) is 31.6. The molecule has 0 aliphatic heterocycles. The minimum Gasteiger partial charge on any atom is -0.310 e. The maximum Gasteiger partial charge on any atom is 0.0467 e. The van der Waals surface area contributed by atoms with Crippen LogP contribution in [0.1, 0.15) is 95.1 Å². The molecule has 0 amide bonds. The summed E-state index contributed by atoms with van der Waals surface area (Å²) >= 11 is 0. The van der Waals surface area contributed by atoms with Gasteiger partial charge in [-0.05, 0) is 138 Å². The van der Waals surface area contributed by atoms with E-state index in [9.17, 15) is 0 Å². The van der Waals surface area contributed by atoms with Crippen molar-refractivity contribution in [2.75, 3.05) is 9.80 Å². The van der Waals surface area contributed by atoms with Gasteiger partial charge in [0.05, 0.1) is 0 Å². The third-order valence-corrected chi connectivity index (χ3v) is 12.3. The maximum atomic E-state index is 2.47. The molecule has 0 aromatic heterocycles. The number of hydrogen-bond donors (Lipinski definition) is 0. The molecule has 0 unspecified atom stereocenters. The molecule has 0 N–H and O–H groups in total. The van der Waals surface area contributed by atoms with Gasteiger partial charge in [-0.3, -0.25) is 0 Å². The van der Waals surface area contributed by atoms with Crippen LogP contribution in [0, 0.1) is 5.92 Å². The lowest BCUT2D eigenvalue weighted by molar-refractivity contribution is 0.236. The fourth-order valence-electron chi connectivity index (χ4n) is 9.13. The van der Waals surface area contributed by atoms with E-state index in [0.717, 1.165) is 23.0 Å². The van der Waals surface area contributed by atoms with Crippen molar-refractivity contribution >= 4 is 34.1 Å². The average molecular weight is 695 g/mol. The average Bonchev–Trinajstić information content (AvgIpc) is 3.23. The van der Waals surface area contributed by atoms with E-state index < -0.39 is 0 Å². The highest BCUT2D eigenvalue weighted by Crippen LogP contribution is 2.44. The standard InChI is InChI=1S/C51H54N2/c1-51(2,43-21-9-4-10-22-43)44-31-35-48(36-32-44)53(47-33-29-40(30-34-47)39-17-7-3-8-18-39)50-28-16-20-42(38-50)41-19-15-27-49(37-41)52(45-23-11-5-12-24-45)46-25-13-6-14-26-46/h5-6,11-16,19-20,23-39,43H,3-4,7-10,17-18,21-22H2,1-2H3. The predicted molar refractivity (Wildman–Crippen MR) is 227 cm³/mol. The Morgan fingerprint density at radius 1 is 0.396 bits per heavy atom. The van der Waals surface area contributed by atoms with E-state index in [1.54, 1.807) is 0 Å². The molecule has 0 radical (unpaired) electrons. The fourth-order valence-corrected chi connectivity index (χ4v) is 9.13. The van der Waals surface area contributed by atoms with Crippen molar-refractivity contribution in [3.63, 3.8) is 0 Å². The lowest BCUT2D eigenvalue weighted by Crippen LogP contribution is -2.30. The van der Waals surface area contributed by atoms with Gasteiger partial charge in [0.25, 0.3) is 0 Å². The third kappa shape index (κ3) is 7.70. The molecule has 2 aliphatic rings. The summed E-state index contributed by atoms with van der Waals surface area (Å²) < 4.78 is 0. The molecule has 268 valence electrons. The fraction of sp³-hybridized carbons (Fsp3) is 0.294. The summed E-state index contributed by atoms with van der Waals surface area (Å²) in [5.74, 6) is 1.44. The van der Waals surface area contributed by atoms with E-state index in [0.29, 0.717) is 5.92 Å². The molecular formula is C51H54N2. The van der Waals surface area contributed by atoms with Gasteiger partial charge in [0, 0.05) is 34.1 Å². The van der Waals surface area contributed by atoms with Crippen LogP contribution in [0.3, 0.4) is 0 Å². The second-order valence-electron chi connectivity index (χ2n) is 16.0. The van der Waals surface area contributed by atoms with Crippen LogP contribution >= 0.6 is 0 Å². The molecular weight excluding hydrogens is 641 g/mol. The number of rotatable bonds is 10. The van der Waals surface area contributed by atoms with E-state index in [-0.39, 0.29) is 5.41 Å². The number of anilines is 6. The van der Waals surface area contributed by atoms with Crippen molar-refractivity contribution < 1.29 is 0 Å². The Hall–Kier alpha value is -5.08. The topological polar surface area (TPSA) is 6.48 Å². The molecule has 2 aliphatic carbocycles. The third-order valence-electron chi connectivity index (χ3n) is 12.3. The zero-order valence-electron chi connectivity index (χ0n) is 31.6. The first-order chi connectivity index (χ1) is 26.0. The molecule has 2 nitrogen and oxygen atoms in total. The van der Waals surface area contributed by atoms with Crippen LogP contribution < -0.4 is 9.80 Å². The summed E-state index contributed by atoms with van der Waals surface area (Å²) in [6.07, 6.45) is 13.5. The zero-order chi connectivity index (χ0) is 36.0. The van der Waals surface area contributed by atoms with Crippen LogP contribution in [0.4, 0.5) is 34.1 Å². The van der Waals surface area contributed by atoms with Crippen molar-refractivity contribution in [2.45, 2.75) is 89.4 Å². The molecule has 0 atom stereocenters. The van der Waals surface area contributed by atoms with Gasteiger partial charge >= 0.3 is 0 Å². The number of nitrogens with zero attached hydrogens (tertiary/aromatic N) is 2. The molecule has 6 aromatic carbocycles. The lowest BCUT2D eigenvalue weighted by atomic mass is 9.67. The van der Waals surface area contributed by atoms with Gasteiger partial charge < -0.3 is 9.80 Å². The van der Waals surface area contributed by atoms with Gasteiger partial charge in [-0.1, -0.05) is 137 Å². The Morgan fingerprint density at radius 2 is 0.811 bits per heavy atom. The summed E-state index contributed by atoms with van der Waals surface area (Å²) in [6, 6.07) is 58.4. The Balaban J connectivity index is 1.16. The SMILES string of the molecule is CC(C)(c1ccc(N(c2ccc(C3CCCCC3)cc2)c2cccc(-c3cccc(N(c4ccccc4)c4ccccc4)c3)c2)cc1)C1CCCCC1. The normalized spacial score (nSPS) is 15.6. The Labute approximate surface area is 318 Å². The molecule has 2 fully saturated rings. The molecule has 0 saturated heterocycles. The Bertz CT molecular complexity index is 2010. The molecule has 6 aromatic rings. The monoisotopic (exact) mass is 694 g/mol. The van der Waals surface area contributed by atoms with Crippen LogP contribution in [-0.2, 0) is 5.41 Å². The van der Waals surface area contributed by atoms with Gasteiger partial charge in [0.2, 0.25) is 0 Å². The largest absolute Gasteiger partial charge is 0.310 e. The molecule has 0 spiro atoms. The van der Waals surface area contributed by atoms with Crippen molar-refractivity contribution in [3.8, 4) is 11.1 Å². The van der Waals surface area contributed by atoms with Crippen LogP contribution in [0.5, 0.6) is 0 Å². The first kappa shape index (κ1) is 35.0. The summed E-state index contributed by atoms with van der Waals surface area (Å²) in [4.78, 5) is 4.79. The van der Waals surface area contributed by atoms with Gasteiger partial charge in [-0.25, -0.2) is 0 Å². The van der Waals surface area contributed by atoms with Crippen LogP contribution in [-0.4, -0.2) is 0 Å². The highest BCUT2D eigenvalue weighted by atomic mass is 15.1. The molecule has 8 rings (SSSR count). The van der Waals surface area contributed by atoms with Crippen molar-refractivity contribution in [2.24, 2.45) is 5.92 Å². The van der Waals surface area contributed by atoms with Crippen molar-refractivity contribution in [3.05, 3.63) is 169 Å². The highest BCUT2D eigenvalue weighted by molar-refractivity contribution is 5.83. The summed E-state index contributed by atoms with van der Waals surface area (Å²) in [5.41, 5.74) is 12.5. The highest BCUT2D eigenvalue weighted by Gasteiger charge is 2.32. The Morgan fingerprint density at radius 3 is 1.30 bits per heavy atom. The van der Waals surface area contributed by atoms with Crippen molar-refractivity contribution in [1.29, 1.82) is 0 Å². The summed E-state index contributed by atoms with van der Waals surface area (Å²) in [6.45, 7) is 4.93. The minimum atomic E-state index is 0.170. The quantitative estimate of drug-likeness (QED) is 0.141. The van der Waals surface area contributed by atoms with E-state index >= 15 is 0 Å². The van der Waals surface area contributed by atoms with Crippen LogP contribution in [0.25, 0.3) is 11.1 Å². The van der Waals surface area contributed by atoms with E-state index in [1.165, 1.54) is 104 Å². The van der Waals surface area contributed by atoms with Gasteiger partial charge in [0.1, 0.15) is 0 Å². The van der Waals surface area contributed by atoms with E-state index in [1.807, 2.05) is 0 Å². The lowest BCUT2D eigenvalue weighted by Gasteiger charge is -2.38. The maximum absolute atomic E-state index is 2.47. The second kappa shape index (κ2) is 15.9. The van der Waals surface area contributed by atoms with Crippen LogP contribution in [0.2, 0.25) is 0 Å². The number of benzene rings is 6. The molecule has 2 saturated carbocycles. The molecule has 0 heterocycles. The summed E-state index contributed by atoms with van der Waals surface area (Å²) in [5, 5.41) is 0.